The highest BCUT2D eigenvalue weighted by Gasteiger charge is 2.42. The van der Waals surface area contributed by atoms with Crippen molar-refractivity contribution in [3.63, 3.8) is 0 Å². The molecule has 0 spiro atoms. The van der Waals surface area contributed by atoms with Crippen molar-refractivity contribution >= 4 is 51.2 Å². The third-order valence-corrected chi connectivity index (χ3v) is 6.16. The molecule has 0 fully saturated rings. The molecule has 190 valence electrons. The average molecular weight is 527 g/mol. The number of hydrogen-bond acceptors (Lipinski definition) is 2. The maximum absolute atomic E-state index is 5.84. The second-order valence-electron chi connectivity index (χ2n) is 8.57. The van der Waals surface area contributed by atoms with Crippen molar-refractivity contribution in [3.05, 3.63) is 90.8 Å². The molecule has 2 heterocycles. The Balaban J connectivity index is 0.00000109. The Bertz CT molecular complexity index is 1310. The highest BCUT2D eigenvalue weighted by molar-refractivity contribution is 6.15. The van der Waals surface area contributed by atoms with Gasteiger partial charge in [0, 0.05) is 42.1 Å². The molecule has 0 amide bonds. The van der Waals surface area contributed by atoms with Gasteiger partial charge in [0.05, 0.1) is 12.0 Å². The molecular weight excluding hydrogens is 489 g/mol. The Kier molecular flexibility index (Phi) is 10.9. The average Bonchev–Trinajstić information content (AvgIpc) is 3.09. The number of halogens is 2. The van der Waals surface area contributed by atoms with Gasteiger partial charge in [-0.25, -0.2) is 4.98 Å². The first-order valence-corrected chi connectivity index (χ1v) is 13.3. The molecular formula is C30H37Cl2N3O+2. The van der Waals surface area contributed by atoms with Gasteiger partial charge in [-0.3, -0.25) is 0 Å². The molecule has 0 saturated heterocycles. The molecule has 1 aliphatic rings. The van der Waals surface area contributed by atoms with Gasteiger partial charge in [0.1, 0.15) is 19.8 Å². The van der Waals surface area contributed by atoms with Crippen LogP contribution < -0.4 is 9.30 Å². The van der Waals surface area contributed by atoms with E-state index in [0.717, 1.165) is 28.0 Å². The minimum atomic E-state index is -0.0786. The Morgan fingerprint density at radius 2 is 1.75 bits per heavy atom. The van der Waals surface area contributed by atoms with E-state index in [4.69, 9.17) is 9.72 Å². The fourth-order valence-corrected chi connectivity index (χ4v) is 4.54. The lowest BCUT2D eigenvalue weighted by atomic mass is 9.81. The largest absolute Gasteiger partial charge is 0.491 e. The van der Waals surface area contributed by atoms with Gasteiger partial charge in [-0.05, 0) is 32.9 Å². The van der Waals surface area contributed by atoms with Gasteiger partial charge in [0.2, 0.25) is 11.2 Å². The predicted molar refractivity (Wildman–Crippen MR) is 155 cm³/mol. The molecule has 3 aromatic rings. The molecule has 1 aliphatic heterocycles. The van der Waals surface area contributed by atoms with Gasteiger partial charge in [0.15, 0.2) is 23.2 Å². The number of aromatic nitrogens is 2. The summed E-state index contributed by atoms with van der Waals surface area (Å²) in [5.74, 6) is 0.797. The van der Waals surface area contributed by atoms with Crippen LogP contribution in [0.2, 0.25) is 0 Å². The van der Waals surface area contributed by atoms with E-state index in [-0.39, 0.29) is 5.41 Å². The van der Waals surface area contributed by atoms with E-state index in [0.29, 0.717) is 6.61 Å². The molecule has 0 bridgehead atoms. The molecule has 4 nitrogen and oxygen atoms in total. The number of hydrogen-bond donors (Lipinski definition) is 0. The highest BCUT2D eigenvalue weighted by atomic mass is 35.5. The van der Waals surface area contributed by atoms with Crippen LogP contribution in [0.15, 0.2) is 79.5 Å². The monoisotopic (exact) mass is 525 g/mol. The van der Waals surface area contributed by atoms with Crippen LogP contribution in [0.25, 0.3) is 16.6 Å². The Hall–Kier alpha value is -2.95. The SMILES string of the molecule is C=C/C=C(/C=C/C1=[N+](C)c2ccccc2C1(C)C)c1c[n+](C)c2cccc(OCC)c2n1.CCl.CCl. The third kappa shape index (κ3) is 5.88. The molecule has 2 aromatic carbocycles. The summed E-state index contributed by atoms with van der Waals surface area (Å²) >= 11 is 9.28. The maximum atomic E-state index is 5.84. The number of ether oxygens (including phenoxy) is 1. The first-order chi connectivity index (χ1) is 17.4. The summed E-state index contributed by atoms with van der Waals surface area (Å²) in [7, 11) is 4.17. The van der Waals surface area contributed by atoms with Crippen molar-refractivity contribution in [3.8, 4) is 5.75 Å². The van der Waals surface area contributed by atoms with Crippen molar-refractivity contribution in [2.75, 3.05) is 26.4 Å². The molecule has 6 heteroatoms. The van der Waals surface area contributed by atoms with Crippen LogP contribution in [0, 0.1) is 0 Å². The zero-order chi connectivity index (χ0) is 26.9. The minimum Gasteiger partial charge on any atom is -0.491 e. The van der Waals surface area contributed by atoms with E-state index in [1.807, 2.05) is 38.3 Å². The van der Waals surface area contributed by atoms with E-state index in [2.05, 4.69) is 108 Å². The van der Waals surface area contributed by atoms with Crippen LogP contribution in [0.4, 0.5) is 5.69 Å². The van der Waals surface area contributed by atoms with Crippen molar-refractivity contribution in [1.29, 1.82) is 0 Å². The van der Waals surface area contributed by atoms with Crippen LogP contribution in [-0.4, -0.2) is 41.7 Å². The number of alkyl halides is 2. The highest BCUT2D eigenvalue weighted by Crippen LogP contribution is 2.39. The van der Waals surface area contributed by atoms with E-state index in [9.17, 15) is 0 Å². The lowest BCUT2D eigenvalue weighted by Gasteiger charge is -2.15. The lowest BCUT2D eigenvalue weighted by molar-refractivity contribution is -0.645. The Morgan fingerprint density at radius 1 is 1.06 bits per heavy atom. The minimum absolute atomic E-state index is 0.0786. The van der Waals surface area contributed by atoms with Gasteiger partial charge < -0.3 is 4.74 Å². The molecule has 1 aromatic heterocycles. The van der Waals surface area contributed by atoms with Crippen LogP contribution in [0.1, 0.15) is 32.0 Å². The summed E-state index contributed by atoms with van der Waals surface area (Å²) < 4.78 is 10.2. The quantitative estimate of drug-likeness (QED) is 0.197. The van der Waals surface area contributed by atoms with Crippen molar-refractivity contribution in [1.82, 2.24) is 4.98 Å². The van der Waals surface area contributed by atoms with E-state index in [1.54, 1.807) is 0 Å². The standard InChI is InChI=1S/C28H31N3O.2CH3Cl/c1-7-12-20(17-18-26-28(3,4)21-13-9-10-14-23(21)31(26)6)22-19-30(5)24-15-11-16-25(32-8-2)27(24)29-22;2*1-2/h7,9-19H,1,8H2,2-6H3;2*1H3/q+2;;/b18-17+,20-12-;;. The van der Waals surface area contributed by atoms with Gasteiger partial charge in [-0.2, -0.15) is 9.14 Å². The van der Waals surface area contributed by atoms with Crippen molar-refractivity contribution < 1.29 is 13.9 Å². The van der Waals surface area contributed by atoms with Gasteiger partial charge in [0.25, 0.3) is 0 Å². The van der Waals surface area contributed by atoms with Crippen molar-refractivity contribution in [2.24, 2.45) is 7.05 Å². The summed E-state index contributed by atoms with van der Waals surface area (Å²) in [6.45, 7) is 11.1. The molecule has 0 radical (unpaired) electrons. The number of fused-ring (bicyclic) bond motifs is 2. The second kappa shape index (κ2) is 13.4. The number of benzene rings is 2. The molecule has 0 atom stereocenters. The van der Waals surface area contributed by atoms with E-state index < -0.39 is 0 Å². The Morgan fingerprint density at radius 3 is 2.39 bits per heavy atom. The molecule has 0 aliphatic carbocycles. The van der Waals surface area contributed by atoms with E-state index >= 15 is 0 Å². The first kappa shape index (κ1) is 29.3. The normalized spacial score (nSPS) is 14.1. The zero-order valence-corrected chi connectivity index (χ0v) is 23.9. The summed E-state index contributed by atoms with van der Waals surface area (Å²) in [6, 6.07) is 14.6. The fourth-order valence-electron chi connectivity index (χ4n) is 4.54. The van der Waals surface area contributed by atoms with Crippen LogP contribution in [0.3, 0.4) is 0 Å². The summed E-state index contributed by atoms with van der Waals surface area (Å²) in [4.78, 5) is 4.98. The predicted octanol–water partition coefficient (Wildman–Crippen LogP) is 7.00. The van der Waals surface area contributed by atoms with E-state index in [1.165, 1.54) is 29.7 Å². The molecule has 36 heavy (non-hydrogen) atoms. The summed E-state index contributed by atoms with van der Waals surface area (Å²) in [6.07, 6.45) is 13.2. The smallest absolute Gasteiger partial charge is 0.234 e. The summed E-state index contributed by atoms with van der Waals surface area (Å²) in [5.41, 5.74) is 7.52. The molecule has 0 unspecified atom stereocenters. The zero-order valence-electron chi connectivity index (χ0n) is 22.3. The molecule has 4 rings (SSSR count). The van der Waals surface area contributed by atoms with Crippen LogP contribution in [-0.2, 0) is 12.5 Å². The maximum Gasteiger partial charge on any atom is 0.234 e. The fraction of sp³-hybridized carbons (Fsp3) is 0.300. The topological polar surface area (TPSA) is 29.0 Å². The Labute approximate surface area is 225 Å². The van der Waals surface area contributed by atoms with Gasteiger partial charge in [-0.15, -0.1) is 23.2 Å². The second-order valence-corrected chi connectivity index (χ2v) is 8.57. The van der Waals surface area contributed by atoms with Crippen LogP contribution in [0.5, 0.6) is 5.75 Å². The number of allylic oxidation sites excluding steroid dienone is 5. The van der Waals surface area contributed by atoms with Gasteiger partial charge in [-0.1, -0.05) is 43.0 Å². The summed E-state index contributed by atoms with van der Waals surface area (Å²) in [5, 5.41) is 0. The lowest BCUT2D eigenvalue weighted by Crippen LogP contribution is -2.30. The van der Waals surface area contributed by atoms with Gasteiger partial charge >= 0.3 is 0 Å². The number of para-hydroxylation sites is 2. The number of nitrogens with zero attached hydrogens (tertiary/aromatic N) is 3. The molecule has 0 N–H and O–H groups in total. The third-order valence-electron chi connectivity index (χ3n) is 6.16. The number of aryl methyl sites for hydroxylation is 1. The van der Waals surface area contributed by atoms with Crippen molar-refractivity contribution in [2.45, 2.75) is 26.2 Å². The first-order valence-electron chi connectivity index (χ1n) is 11.8. The molecule has 0 saturated carbocycles. The van der Waals surface area contributed by atoms with Crippen LogP contribution >= 0.6 is 23.2 Å². The number of rotatable bonds is 6.